The van der Waals surface area contributed by atoms with Crippen LogP contribution in [0.1, 0.15) is 60.1 Å². The Labute approximate surface area is 375 Å². The van der Waals surface area contributed by atoms with E-state index in [1.807, 2.05) is 0 Å². The Bertz CT molecular complexity index is 2280. The number of benzene rings is 1. The highest BCUT2D eigenvalue weighted by atomic mass is 32.2. The molecule has 0 bridgehead atoms. The fraction of sp³-hybridized carbons (Fsp3) is 0.450. The van der Waals surface area contributed by atoms with Crippen LogP contribution >= 0.6 is 23.5 Å². The number of carbonyl (C=O) groups is 9. The molecule has 344 valence electrons. The van der Waals surface area contributed by atoms with E-state index in [1.165, 1.54) is 33.7 Å². The second-order valence-electron chi connectivity index (χ2n) is 16.5. The molecular weight excluding hydrogens is 881 g/mol. The molecule has 1 aromatic heterocycles. The fourth-order valence-electron chi connectivity index (χ4n) is 6.65. The minimum Gasteiger partial charge on any atom is -0.504 e. The van der Waals surface area contributed by atoms with E-state index in [9.17, 15) is 58.5 Å². The zero-order chi connectivity index (χ0) is 47.5. The van der Waals surface area contributed by atoms with Crippen molar-refractivity contribution in [3.63, 3.8) is 0 Å². The molecule has 1 aromatic carbocycles. The van der Waals surface area contributed by atoms with E-state index in [2.05, 4.69) is 16.0 Å². The highest BCUT2D eigenvalue weighted by Crippen LogP contribution is 2.46. The van der Waals surface area contributed by atoms with Gasteiger partial charge in [-0.15, -0.1) is 23.5 Å². The molecule has 24 heteroatoms. The lowest BCUT2D eigenvalue weighted by atomic mass is 9.94. The van der Waals surface area contributed by atoms with Crippen LogP contribution in [0.3, 0.4) is 0 Å². The molecule has 2 fully saturated rings. The summed E-state index contributed by atoms with van der Waals surface area (Å²) in [5.41, 5.74) is -4.19. The number of thioether (sulfide) groups is 2. The molecule has 4 heterocycles. The number of carbonyl (C=O) groups excluding carboxylic acids is 8. The molecule has 0 saturated carbocycles. The number of pyridine rings is 1. The number of aliphatic carboxylic acids is 1. The number of esters is 1. The van der Waals surface area contributed by atoms with Crippen molar-refractivity contribution in [3.8, 4) is 11.5 Å². The molecule has 2 saturated heterocycles. The van der Waals surface area contributed by atoms with Gasteiger partial charge in [0.1, 0.15) is 28.3 Å². The molecule has 3 aliphatic rings. The smallest absolute Gasteiger partial charge is 0.464 e. The number of amides is 8. The third-order valence-electron chi connectivity index (χ3n) is 9.54. The third-order valence-corrected chi connectivity index (χ3v) is 12.0. The summed E-state index contributed by atoms with van der Waals surface area (Å²) >= 11 is 2.21. The van der Waals surface area contributed by atoms with Crippen LogP contribution in [0.15, 0.2) is 58.9 Å². The number of carboxylic acid groups (broad SMARTS) is 1. The van der Waals surface area contributed by atoms with Crippen molar-refractivity contribution in [2.45, 2.75) is 81.6 Å². The number of hydrogen-bond donors (Lipinski definition) is 6. The normalized spacial score (nSPS) is 19.2. The molecule has 8 amide bonds. The van der Waals surface area contributed by atoms with Gasteiger partial charge in [0, 0.05) is 48.2 Å². The van der Waals surface area contributed by atoms with Crippen molar-refractivity contribution in [1.29, 1.82) is 0 Å². The predicted molar refractivity (Wildman–Crippen MR) is 225 cm³/mol. The van der Waals surface area contributed by atoms with Crippen LogP contribution in [0.5, 0.6) is 11.5 Å². The first-order valence-corrected chi connectivity index (χ1v) is 21.7. The Morgan fingerprint density at radius 1 is 0.984 bits per heavy atom. The number of rotatable bonds is 14. The molecule has 3 aliphatic heterocycles. The highest BCUT2D eigenvalue weighted by molar-refractivity contribution is 8.01. The number of ether oxygens (including phenoxy) is 2. The van der Waals surface area contributed by atoms with Gasteiger partial charge in [0.2, 0.25) is 30.4 Å². The van der Waals surface area contributed by atoms with Crippen molar-refractivity contribution in [1.82, 2.24) is 30.7 Å². The molecule has 2 aromatic rings. The van der Waals surface area contributed by atoms with Crippen molar-refractivity contribution < 1.29 is 72.6 Å². The van der Waals surface area contributed by atoms with Gasteiger partial charge in [0.05, 0.1) is 0 Å². The molecule has 0 spiro atoms. The molecule has 3 atom stereocenters. The highest BCUT2D eigenvalue weighted by Gasteiger charge is 2.66. The Morgan fingerprint density at radius 3 is 2.22 bits per heavy atom. The lowest BCUT2D eigenvalue weighted by Gasteiger charge is -2.56. The number of phenolic OH excluding ortho intramolecular Hbond substituents is 2. The van der Waals surface area contributed by atoms with Gasteiger partial charge in [-0.1, -0.05) is 15.8 Å². The zero-order valence-corrected chi connectivity index (χ0v) is 37.5. The minimum absolute atomic E-state index is 0.00224. The van der Waals surface area contributed by atoms with E-state index >= 15 is 0 Å². The lowest BCUT2D eigenvalue weighted by Crippen LogP contribution is -2.85. The summed E-state index contributed by atoms with van der Waals surface area (Å²) in [5, 5.41) is 37.5. The van der Waals surface area contributed by atoms with Crippen molar-refractivity contribution in [2.24, 2.45) is 0 Å². The van der Waals surface area contributed by atoms with Crippen LogP contribution < -0.4 is 25.6 Å². The van der Waals surface area contributed by atoms with Gasteiger partial charge in [-0.3, -0.25) is 33.8 Å². The van der Waals surface area contributed by atoms with Gasteiger partial charge in [-0.25, -0.2) is 19.2 Å². The van der Waals surface area contributed by atoms with Gasteiger partial charge in [-0.05, 0) is 71.7 Å². The van der Waals surface area contributed by atoms with Crippen molar-refractivity contribution >= 4 is 77.6 Å². The summed E-state index contributed by atoms with van der Waals surface area (Å²) in [6.45, 7) is 11.3. The Morgan fingerprint density at radius 2 is 1.64 bits per heavy atom. The molecule has 0 aliphatic carbocycles. The Kier molecular flexibility index (Phi) is 14.4. The number of nitrogens with zero attached hydrogens (tertiary/aromatic N) is 5. The maximum absolute atomic E-state index is 14.1. The minimum atomic E-state index is -2.25. The second kappa shape index (κ2) is 19.0. The standard InChI is InChI=1S/C40H48N8O14S2/c1-8-44-15-16-46(32(55)31(44)54)36(59)42-28(22-9-10-25(50)26(51)17-22)30(53)43-40(41-21-49)34(58)48-29(33(56)57)23(20-64-35(40)48)19-63-24-11-13-45(14-12-24)47(37(60)62-39(5,6)7)18-27(52)61-38(2,3)4/h9-14,17,21,28,35H,8,15-16,18-20H2,1-7H3,(H5-,41,42,43,49,50,51,53,54,55,56,57,59)/p+1/t28-,35-,40-/m1/s1. The Balaban J connectivity index is 1.36. The average molecular weight is 930 g/mol. The summed E-state index contributed by atoms with van der Waals surface area (Å²) < 4.78 is 12.2. The summed E-state index contributed by atoms with van der Waals surface area (Å²) in [4.78, 5) is 121. The lowest BCUT2D eigenvalue weighted by molar-refractivity contribution is -0.683. The number of aromatic hydroxyl groups is 2. The predicted octanol–water partition coefficient (Wildman–Crippen LogP) is 0.646. The first kappa shape index (κ1) is 48.5. The van der Waals surface area contributed by atoms with Crippen molar-refractivity contribution in [2.75, 3.05) is 42.7 Å². The number of nitrogens with one attached hydrogen (secondary N) is 3. The monoisotopic (exact) mass is 929 g/mol. The second-order valence-corrected chi connectivity index (χ2v) is 18.6. The fourth-order valence-corrected chi connectivity index (χ4v) is 9.10. The van der Waals surface area contributed by atoms with Crippen LogP contribution in [0.2, 0.25) is 0 Å². The number of piperazine rings is 1. The SMILES string of the molecule is CCN1CCN(C(=O)N[C@@H](C(=O)N[C@]2(NC=O)C(=O)N3C(C(=O)O)=C(CSc4cc[n+](N(CC(=O)OC(C)(C)C)C(=O)OC(C)(C)C)cc4)CS[C@@H]32)c2ccc(O)c(O)c2)C(=O)C1=O. The van der Waals surface area contributed by atoms with E-state index in [0.29, 0.717) is 15.4 Å². The van der Waals surface area contributed by atoms with Gasteiger partial charge >= 0.3 is 35.9 Å². The number of imide groups is 1. The van der Waals surface area contributed by atoms with Crippen LogP contribution in [-0.2, 0) is 43.0 Å². The number of β-lactam (4-membered cyclic amide) rings is 1. The van der Waals surface area contributed by atoms with E-state index < -0.39 is 99.7 Å². The third kappa shape index (κ3) is 10.6. The number of carboxylic acids is 1. The first-order valence-electron chi connectivity index (χ1n) is 19.6. The average Bonchev–Trinajstić information content (AvgIpc) is 3.21. The summed E-state index contributed by atoms with van der Waals surface area (Å²) in [6, 6.07) is 3.35. The number of urea groups is 1. The summed E-state index contributed by atoms with van der Waals surface area (Å²) in [5.74, 6) is -7.71. The van der Waals surface area contributed by atoms with Gasteiger partial charge < -0.3 is 45.6 Å². The largest absolute Gasteiger partial charge is 0.504 e. The molecular formula is C40H49N8O14S2+. The molecule has 0 radical (unpaired) electrons. The van der Waals surface area contributed by atoms with E-state index in [-0.39, 0.29) is 43.1 Å². The van der Waals surface area contributed by atoms with Crippen molar-refractivity contribution in [3.05, 3.63) is 59.6 Å². The first-order chi connectivity index (χ1) is 29.9. The maximum Gasteiger partial charge on any atom is 0.464 e. The van der Waals surface area contributed by atoms with Crippen LogP contribution in [-0.4, -0.2) is 144 Å². The molecule has 5 rings (SSSR count). The summed E-state index contributed by atoms with van der Waals surface area (Å²) in [6.07, 6.45) is 2.30. The van der Waals surface area contributed by atoms with Crippen LogP contribution in [0, 0.1) is 0 Å². The number of phenols is 2. The number of aromatic nitrogens is 1. The number of fused-ring (bicyclic) bond motifs is 1. The van der Waals surface area contributed by atoms with Crippen LogP contribution in [0.25, 0.3) is 0 Å². The molecule has 22 nitrogen and oxygen atoms in total. The maximum atomic E-state index is 14.1. The molecule has 64 heavy (non-hydrogen) atoms. The van der Waals surface area contributed by atoms with E-state index in [0.717, 1.165) is 39.9 Å². The van der Waals surface area contributed by atoms with E-state index in [4.69, 9.17) is 9.47 Å². The number of likely N-dealkylation sites (N-methyl/N-ethyl adjacent to an activating group) is 1. The molecule has 6 N–H and O–H groups in total. The van der Waals surface area contributed by atoms with Crippen LogP contribution in [0.4, 0.5) is 9.59 Å². The van der Waals surface area contributed by atoms with Gasteiger partial charge in [-0.2, -0.15) is 0 Å². The topological polar surface area (TPSA) is 286 Å². The quantitative estimate of drug-likeness (QED) is 0.0222. The van der Waals surface area contributed by atoms with Gasteiger partial charge in [0.15, 0.2) is 18.0 Å². The summed E-state index contributed by atoms with van der Waals surface area (Å²) in [7, 11) is 0. The molecule has 0 unspecified atom stereocenters. The van der Waals surface area contributed by atoms with Gasteiger partial charge in [0.25, 0.3) is 5.91 Å². The Hall–Kier alpha value is -6.56. The number of hydrogen-bond acceptors (Lipinski definition) is 15. The van der Waals surface area contributed by atoms with E-state index in [1.54, 1.807) is 60.6 Å². The zero-order valence-electron chi connectivity index (χ0n) is 35.9.